The minimum atomic E-state index is -0.942. The van der Waals surface area contributed by atoms with Crippen molar-refractivity contribution >= 4 is 51.5 Å². The Morgan fingerprint density at radius 2 is 1.73 bits per heavy atom. The van der Waals surface area contributed by atoms with E-state index in [0.717, 1.165) is 33.3 Å². The van der Waals surface area contributed by atoms with Crippen molar-refractivity contribution in [2.75, 3.05) is 39.9 Å². The highest BCUT2D eigenvalue weighted by Crippen LogP contribution is 2.20. The molecule has 260 valence electrons. The van der Waals surface area contributed by atoms with Crippen LogP contribution in [0.2, 0.25) is 0 Å². The molecule has 3 heterocycles. The number of carbonyl (C=O) groups excluding carboxylic acids is 5. The van der Waals surface area contributed by atoms with Gasteiger partial charge in [-0.2, -0.15) is 0 Å². The lowest BCUT2D eigenvalue weighted by molar-refractivity contribution is -0.140. The van der Waals surface area contributed by atoms with Gasteiger partial charge in [0.1, 0.15) is 24.5 Å². The van der Waals surface area contributed by atoms with Gasteiger partial charge < -0.3 is 40.5 Å². The van der Waals surface area contributed by atoms with E-state index in [1.165, 1.54) is 12.0 Å². The molecular weight excluding hydrogens is 628 g/mol. The number of hydrogen-bond donors (Lipinski definition) is 5. The van der Waals surface area contributed by atoms with Gasteiger partial charge >= 0.3 is 0 Å². The smallest absolute Gasteiger partial charge is 0.251 e. The summed E-state index contributed by atoms with van der Waals surface area (Å²) in [5.74, 6) is -1.29. The van der Waals surface area contributed by atoms with Crippen LogP contribution in [-0.4, -0.2) is 101 Å². The van der Waals surface area contributed by atoms with Gasteiger partial charge in [0.15, 0.2) is 0 Å². The van der Waals surface area contributed by atoms with E-state index < -0.39 is 29.8 Å². The molecule has 49 heavy (non-hydrogen) atoms. The number of rotatable bonds is 5. The number of aromatic amines is 1. The lowest BCUT2D eigenvalue weighted by Crippen LogP contribution is -2.55. The molecule has 0 aliphatic carbocycles. The third-order valence-electron chi connectivity index (χ3n) is 8.70. The Bertz CT molecular complexity index is 1830. The maximum atomic E-state index is 13.7. The van der Waals surface area contributed by atoms with Crippen molar-refractivity contribution < 1.29 is 28.7 Å². The lowest BCUT2D eigenvalue weighted by atomic mass is 10.0. The van der Waals surface area contributed by atoms with E-state index in [-0.39, 0.29) is 50.9 Å². The van der Waals surface area contributed by atoms with Gasteiger partial charge in [-0.05, 0) is 56.0 Å². The van der Waals surface area contributed by atoms with Crippen LogP contribution in [0.25, 0.3) is 21.9 Å². The number of amides is 5. The van der Waals surface area contributed by atoms with Gasteiger partial charge in [0, 0.05) is 62.4 Å². The Morgan fingerprint density at radius 1 is 0.959 bits per heavy atom. The third kappa shape index (κ3) is 8.62. The number of nitrogens with one attached hydrogen (secondary N) is 5. The van der Waals surface area contributed by atoms with Crippen molar-refractivity contribution in [2.24, 2.45) is 0 Å². The molecule has 5 amide bonds. The Morgan fingerprint density at radius 3 is 2.53 bits per heavy atom. The van der Waals surface area contributed by atoms with Crippen LogP contribution in [0.5, 0.6) is 0 Å². The normalized spacial score (nSPS) is 19.1. The van der Waals surface area contributed by atoms with Crippen LogP contribution in [0, 0.1) is 6.92 Å². The number of ether oxygens (including phenoxy) is 1. The molecule has 1 aliphatic rings. The fraction of sp³-hybridized carbons (Fsp3) is 0.429. The number of fused-ring (bicyclic) bond motifs is 2. The molecule has 14 nitrogen and oxygen atoms in total. The first-order valence-electron chi connectivity index (χ1n) is 16.6. The summed E-state index contributed by atoms with van der Waals surface area (Å²) in [6.07, 6.45) is 3.28. The van der Waals surface area contributed by atoms with Gasteiger partial charge in [-0.3, -0.25) is 24.0 Å². The van der Waals surface area contributed by atoms with Gasteiger partial charge in [0.25, 0.3) is 5.91 Å². The summed E-state index contributed by atoms with van der Waals surface area (Å²) in [7, 11) is 1.39. The summed E-state index contributed by atoms with van der Waals surface area (Å²) in [4.78, 5) is 75.4. The number of carbonyl (C=O) groups is 5. The molecule has 0 saturated carbocycles. The van der Waals surface area contributed by atoms with Crippen LogP contribution in [0.3, 0.4) is 0 Å². The van der Waals surface area contributed by atoms with Crippen molar-refractivity contribution in [1.29, 1.82) is 0 Å². The Labute approximate surface area is 284 Å². The largest absolute Gasteiger partial charge is 0.375 e. The molecule has 0 saturated heterocycles. The Balaban J connectivity index is 1.41. The second kappa shape index (κ2) is 16.2. The first kappa shape index (κ1) is 35.1. The second-order valence-electron chi connectivity index (χ2n) is 12.2. The molecule has 1 aliphatic heterocycles. The summed E-state index contributed by atoms with van der Waals surface area (Å²) in [5, 5.41) is 12.4. The molecule has 2 bridgehead atoms. The number of imidazole rings is 1. The minimum absolute atomic E-state index is 0.177. The molecule has 4 aromatic rings. The Kier molecular flexibility index (Phi) is 11.6. The molecule has 2 aromatic carbocycles. The van der Waals surface area contributed by atoms with Gasteiger partial charge in [-0.15, -0.1) is 0 Å². The minimum Gasteiger partial charge on any atom is -0.375 e. The first-order valence-corrected chi connectivity index (χ1v) is 16.6. The van der Waals surface area contributed by atoms with Crippen molar-refractivity contribution in [3.63, 3.8) is 0 Å². The van der Waals surface area contributed by atoms with Gasteiger partial charge in [0.2, 0.25) is 23.6 Å². The third-order valence-corrected chi connectivity index (χ3v) is 8.70. The fourth-order valence-electron chi connectivity index (χ4n) is 6.09. The van der Waals surface area contributed by atoms with E-state index in [2.05, 4.69) is 31.2 Å². The van der Waals surface area contributed by atoms with E-state index in [1.807, 2.05) is 42.0 Å². The predicted molar refractivity (Wildman–Crippen MR) is 184 cm³/mol. The summed E-state index contributed by atoms with van der Waals surface area (Å²) in [6, 6.07) is 11.2. The number of nitrogens with zero attached hydrogens (tertiary/aromatic N) is 3. The highest BCUT2D eigenvalue weighted by Gasteiger charge is 2.28. The monoisotopic (exact) mass is 672 g/mol. The van der Waals surface area contributed by atoms with Crippen LogP contribution in [-0.2, 0) is 36.9 Å². The van der Waals surface area contributed by atoms with Crippen molar-refractivity contribution in [1.82, 2.24) is 40.7 Å². The zero-order chi connectivity index (χ0) is 34.9. The van der Waals surface area contributed by atoms with E-state index in [0.29, 0.717) is 31.5 Å². The summed E-state index contributed by atoms with van der Waals surface area (Å²) in [5.41, 5.74) is 3.80. The number of hydrogen-bond acceptors (Lipinski definition) is 7. The number of H-pyrrole nitrogens is 1. The van der Waals surface area contributed by atoms with Crippen molar-refractivity contribution in [2.45, 2.75) is 58.2 Å². The van der Waals surface area contributed by atoms with Crippen LogP contribution in [0.15, 0.2) is 48.7 Å². The molecule has 5 N–H and O–H groups in total. The fourth-order valence-corrected chi connectivity index (χ4v) is 6.09. The molecule has 5 rings (SSSR count). The van der Waals surface area contributed by atoms with Crippen LogP contribution < -0.4 is 21.3 Å². The molecule has 2 atom stereocenters. The summed E-state index contributed by atoms with van der Waals surface area (Å²) >= 11 is 0. The summed E-state index contributed by atoms with van der Waals surface area (Å²) < 4.78 is 7.03. The number of para-hydroxylation sites is 1. The number of aryl methyl sites for hydroxylation is 2. The molecule has 2 aromatic heterocycles. The number of aromatic nitrogens is 3. The number of benzene rings is 2. The predicted octanol–water partition coefficient (Wildman–Crippen LogP) is 1.56. The SMILES string of the molecule is CC[C@@H]1NC(=O)CN(C(=O)COC)CCCNC(=O)c2ccc3nc(C)n(c3c2)CCCNC(=O)[C@@H](Cc2c[nH]c3ccccc23)NC1=O. The van der Waals surface area contributed by atoms with E-state index in [1.54, 1.807) is 25.1 Å². The highest BCUT2D eigenvalue weighted by molar-refractivity contribution is 5.97. The van der Waals surface area contributed by atoms with Gasteiger partial charge in [-0.1, -0.05) is 25.1 Å². The van der Waals surface area contributed by atoms with Crippen LogP contribution in [0.1, 0.15) is 47.9 Å². The topological polar surface area (TPSA) is 180 Å². The lowest BCUT2D eigenvalue weighted by Gasteiger charge is -2.25. The molecular formula is C35H44N8O6. The second-order valence-corrected chi connectivity index (χ2v) is 12.2. The van der Waals surface area contributed by atoms with Crippen molar-refractivity contribution in [3.8, 4) is 0 Å². The maximum absolute atomic E-state index is 13.7. The van der Waals surface area contributed by atoms with Gasteiger partial charge in [0.05, 0.1) is 17.6 Å². The zero-order valence-electron chi connectivity index (χ0n) is 28.1. The average Bonchev–Trinajstić information content (AvgIpc) is 3.64. The zero-order valence-corrected chi connectivity index (χ0v) is 28.1. The van der Waals surface area contributed by atoms with Gasteiger partial charge in [-0.25, -0.2) is 4.98 Å². The molecule has 14 heteroatoms. The van der Waals surface area contributed by atoms with Crippen LogP contribution in [0.4, 0.5) is 0 Å². The number of methoxy groups -OCH3 is 1. The molecule has 0 radical (unpaired) electrons. The molecule has 0 spiro atoms. The molecule has 0 unspecified atom stereocenters. The summed E-state index contributed by atoms with van der Waals surface area (Å²) in [6.45, 7) is 4.44. The van der Waals surface area contributed by atoms with E-state index in [4.69, 9.17) is 4.74 Å². The van der Waals surface area contributed by atoms with Crippen LogP contribution >= 0.6 is 0 Å². The Hall–Kier alpha value is -5.24. The average molecular weight is 673 g/mol. The molecule has 0 fully saturated rings. The maximum Gasteiger partial charge on any atom is 0.251 e. The van der Waals surface area contributed by atoms with Crippen molar-refractivity contribution in [3.05, 3.63) is 65.6 Å². The first-order chi connectivity index (χ1) is 23.7. The van der Waals surface area contributed by atoms with E-state index in [9.17, 15) is 24.0 Å². The van der Waals surface area contributed by atoms with E-state index >= 15 is 0 Å². The highest BCUT2D eigenvalue weighted by atomic mass is 16.5. The quantitative estimate of drug-likeness (QED) is 0.214. The standard InChI is InChI=1S/C35H44N8O6/c1-4-26-35(48)41-29(17-24-19-38-27-10-6-5-9-25(24)27)34(47)37-14-8-16-43-22(2)39-28-12-11-23(18-30(28)43)33(46)36-13-7-15-42(20-31(44)40-26)32(45)21-49-3/h5-6,9-12,18-19,26,29,38H,4,7-8,13-17,20-21H2,1-3H3,(H,36,46)(H,37,47)(H,40,44)(H,41,48)/t26-,29+/m0/s1.